The summed E-state index contributed by atoms with van der Waals surface area (Å²) in [5, 5.41) is 12.8. The minimum absolute atomic E-state index is 0.136. The van der Waals surface area contributed by atoms with Crippen LogP contribution in [-0.2, 0) is 10.0 Å². The summed E-state index contributed by atoms with van der Waals surface area (Å²) in [5.74, 6) is 0. The lowest BCUT2D eigenvalue weighted by atomic mass is 9.99. The summed E-state index contributed by atoms with van der Waals surface area (Å²) in [5.41, 5.74) is 3.26. The Morgan fingerprint density at radius 3 is 2.28 bits per heavy atom. The van der Waals surface area contributed by atoms with Crippen LogP contribution in [0.3, 0.4) is 0 Å². The van der Waals surface area contributed by atoms with Crippen LogP contribution >= 0.6 is 22.9 Å². The lowest BCUT2D eigenvalue weighted by molar-refractivity contribution is 0.589. The molecule has 5 rings (SSSR count). The maximum Gasteiger partial charge on any atom is 0.268 e. The normalized spacial score (nSPS) is 11.5. The van der Waals surface area contributed by atoms with Crippen molar-refractivity contribution in [3.63, 3.8) is 0 Å². The van der Waals surface area contributed by atoms with Gasteiger partial charge in [0.2, 0.25) is 0 Å². The van der Waals surface area contributed by atoms with E-state index in [0.29, 0.717) is 21.1 Å². The summed E-state index contributed by atoms with van der Waals surface area (Å²) < 4.78 is 29.3. The molecule has 0 aliphatic rings. The number of thiophene rings is 1. The van der Waals surface area contributed by atoms with Crippen LogP contribution in [0, 0.1) is 11.3 Å². The standard InChI is InChI=1S/C25H15ClN2O2S2/c26-18-10-12-19(13-11-18)32(29,30)28-22-9-5-4-8-20(22)24(21-14-15-31-23(21)16-27)25(28)17-6-2-1-3-7-17/h1-15H. The number of fused-ring (bicyclic) bond motifs is 1. The molecule has 0 amide bonds. The molecule has 156 valence electrons. The number of nitrogens with zero attached hydrogens (tertiary/aromatic N) is 2. The first-order valence-corrected chi connectivity index (χ1v) is 12.4. The van der Waals surface area contributed by atoms with E-state index in [0.717, 1.165) is 22.1 Å². The summed E-state index contributed by atoms with van der Waals surface area (Å²) in [6.07, 6.45) is 0. The molecule has 3 aromatic carbocycles. The molecule has 0 fully saturated rings. The molecule has 0 spiro atoms. The van der Waals surface area contributed by atoms with E-state index in [4.69, 9.17) is 11.6 Å². The highest BCUT2D eigenvalue weighted by atomic mass is 35.5. The molecule has 0 unspecified atom stereocenters. The fraction of sp³-hybridized carbons (Fsp3) is 0. The van der Waals surface area contributed by atoms with Gasteiger partial charge in [0.05, 0.1) is 16.1 Å². The van der Waals surface area contributed by atoms with Crippen LogP contribution in [0.1, 0.15) is 4.88 Å². The molecule has 0 N–H and O–H groups in total. The summed E-state index contributed by atoms with van der Waals surface area (Å²) in [7, 11) is -3.97. The number of hydrogen-bond acceptors (Lipinski definition) is 4. The van der Waals surface area contributed by atoms with E-state index in [-0.39, 0.29) is 4.90 Å². The Hall–Kier alpha value is -3.37. The summed E-state index contributed by atoms with van der Waals surface area (Å²) >= 11 is 7.34. The monoisotopic (exact) mass is 474 g/mol. The molecule has 0 bridgehead atoms. The van der Waals surface area contributed by atoms with E-state index >= 15 is 0 Å². The van der Waals surface area contributed by atoms with Gasteiger partial charge in [-0.3, -0.25) is 0 Å². The highest BCUT2D eigenvalue weighted by Crippen LogP contribution is 2.44. The van der Waals surface area contributed by atoms with Gasteiger partial charge in [-0.1, -0.05) is 60.1 Å². The molecule has 2 aromatic heterocycles. The van der Waals surface area contributed by atoms with Gasteiger partial charge in [0.15, 0.2) is 0 Å². The number of para-hydroxylation sites is 1. The van der Waals surface area contributed by atoms with Crippen molar-refractivity contribution in [2.75, 3.05) is 0 Å². The Morgan fingerprint density at radius 2 is 1.56 bits per heavy atom. The molecular weight excluding hydrogens is 460 g/mol. The molecule has 0 saturated carbocycles. The molecule has 0 atom stereocenters. The van der Waals surface area contributed by atoms with Crippen LogP contribution in [0.5, 0.6) is 0 Å². The molecule has 4 nitrogen and oxygen atoms in total. The van der Waals surface area contributed by atoms with Crippen LogP contribution in [0.2, 0.25) is 5.02 Å². The first-order chi connectivity index (χ1) is 15.5. The van der Waals surface area contributed by atoms with Gasteiger partial charge < -0.3 is 0 Å². The minimum Gasteiger partial charge on any atom is -0.233 e. The van der Waals surface area contributed by atoms with E-state index in [1.807, 2.05) is 60.0 Å². The number of nitriles is 1. The third-order valence-corrected chi connectivity index (χ3v) is 8.07. The average Bonchev–Trinajstić information content (AvgIpc) is 3.42. The van der Waals surface area contributed by atoms with Crippen molar-refractivity contribution in [3.05, 3.63) is 100 Å². The molecule has 0 radical (unpaired) electrons. The van der Waals surface area contributed by atoms with Gasteiger partial charge in [0.25, 0.3) is 10.0 Å². The number of halogens is 1. The van der Waals surface area contributed by atoms with Gasteiger partial charge in [0.1, 0.15) is 10.9 Å². The SMILES string of the molecule is N#Cc1sccc1-c1c(-c2ccccc2)n(S(=O)(=O)c2ccc(Cl)cc2)c2ccccc12. The average molecular weight is 475 g/mol. The quantitative estimate of drug-likeness (QED) is 0.288. The molecule has 5 aromatic rings. The van der Waals surface area contributed by atoms with Gasteiger partial charge in [-0.05, 0) is 47.3 Å². The van der Waals surface area contributed by atoms with Crippen molar-refractivity contribution < 1.29 is 8.42 Å². The van der Waals surface area contributed by atoms with Gasteiger partial charge in [-0.15, -0.1) is 11.3 Å². The molecule has 7 heteroatoms. The maximum atomic E-state index is 13.9. The molecule has 0 aliphatic heterocycles. The maximum absolute atomic E-state index is 13.9. The zero-order valence-electron chi connectivity index (χ0n) is 16.6. The largest absolute Gasteiger partial charge is 0.268 e. The van der Waals surface area contributed by atoms with Gasteiger partial charge in [-0.25, -0.2) is 12.4 Å². The number of aromatic nitrogens is 1. The van der Waals surface area contributed by atoms with E-state index < -0.39 is 10.0 Å². The van der Waals surface area contributed by atoms with Crippen LogP contribution in [0.4, 0.5) is 0 Å². The van der Waals surface area contributed by atoms with Crippen molar-refractivity contribution in [1.82, 2.24) is 3.97 Å². The smallest absolute Gasteiger partial charge is 0.233 e. The van der Waals surface area contributed by atoms with Crippen molar-refractivity contribution in [3.8, 4) is 28.5 Å². The Kier molecular flexibility index (Phi) is 5.10. The second-order valence-electron chi connectivity index (χ2n) is 7.11. The van der Waals surface area contributed by atoms with E-state index in [2.05, 4.69) is 6.07 Å². The van der Waals surface area contributed by atoms with Gasteiger partial charge in [0, 0.05) is 21.5 Å². The summed E-state index contributed by atoms with van der Waals surface area (Å²) in [4.78, 5) is 0.672. The highest BCUT2D eigenvalue weighted by Gasteiger charge is 2.29. The Labute approximate surface area is 194 Å². The zero-order valence-corrected chi connectivity index (χ0v) is 19.0. The van der Waals surface area contributed by atoms with Crippen LogP contribution in [-0.4, -0.2) is 12.4 Å². The first kappa shape index (κ1) is 20.5. The Balaban J connectivity index is 1.97. The van der Waals surface area contributed by atoms with E-state index in [9.17, 15) is 13.7 Å². The zero-order chi connectivity index (χ0) is 22.3. The Morgan fingerprint density at radius 1 is 0.875 bits per heavy atom. The van der Waals surface area contributed by atoms with Crippen molar-refractivity contribution in [2.45, 2.75) is 4.90 Å². The second-order valence-corrected chi connectivity index (χ2v) is 10.2. The van der Waals surface area contributed by atoms with E-state index in [1.54, 1.807) is 18.2 Å². The lowest BCUT2D eigenvalue weighted by Crippen LogP contribution is -2.14. The molecule has 0 aliphatic carbocycles. The van der Waals surface area contributed by atoms with Crippen molar-refractivity contribution >= 4 is 43.9 Å². The fourth-order valence-electron chi connectivity index (χ4n) is 3.90. The fourth-order valence-corrected chi connectivity index (χ4v) is 6.26. The third kappa shape index (κ3) is 3.23. The second kappa shape index (κ2) is 7.95. The first-order valence-electron chi connectivity index (χ1n) is 9.70. The minimum atomic E-state index is -3.97. The van der Waals surface area contributed by atoms with Crippen LogP contribution < -0.4 is 0 Å². The van der Waals surface area contributed by atoms with Crippen LogP contribution in [0.25, 0.3) is 33.3 Å². The van der Waals surface area contributed by atoms with Crippen LogP contribution in [0.15, 0.2) is 95.2 Å². The predicted octanol–water partition coefficient (Wildman–Crippen LogP) is 6.80. The topological polar surface area (TPSA) is 62.9 Å². The summed E-state index contributed by atoms with van der Waals surface area (Å²) in [6, 6.07) is 27.0. The van der Waals surface area contributed by atoms with Gasteiger partial charge in [-0.2, -0.15) is 5.26 Å². The molecule has 0 saturated heterocycles. The molecular formula is C25H15ClN2O2S2. The third-order valence-electron chi connectivity index (χ3n) is 5.27. The van der Waals surface area contributed by atoms with Gasteiger partial charge >= 0.3 is 0 Å². The highest BCUT2D eigenvalue weighted by molar-refractivity contribution is 7.90. The van der Waals surface area contributed by atoms with Crippen molar-refractivity contribution in [2.24, 2.45) is 0 Å². The van der Waals surface area contributed by atoms with Crippen molar-refractivity contribution in [1.29, 1.82) is 5.26 Å². The lowest BCUT2D eigenvalue weighted by Gasteiger charge is -2.14. The number of hydrogen-bond donors (Lipinski definition) is 0. The molecule has 32 heavy (non-hydrogen) atoms. The predicted molar refractivity (Wildman–Crippen MR) is 129 cm³/mol. The number of benzene rings is 3. The number of rotatable bonds is 4. The Bertz CT molecular complexity index is 1590. The van der Waals surface area contributed by atoms with E-state index in [1.165, 1.54) is 27.4 Å². The molecule has 2 heterocycles. The summed E-state index contributed by atoms with van der Waals surface area (Å²) in [6.45, 7) is 0.